The molecule has 2 atom stereocenters. The van der Waals surface area contributed by atoms with E-state index in [1.165, 1.54) is 6.33 Å². The number of esters is 2. The number of nitrogens with one attached hydrogen (secondary N) is 1. The largest absolute Gasteiger partial charge is 0.464 e. The average molecular weight is 583 g/mol. The summed E-state index contributed by atoms with van der Waals surface area (Å²) in [6.07, 6.45) is 9.36. The number of ether oxygens (including phenoxy) is 3. The van der Waals surface area contributed by atoms with E-state index in [-0.39, 0.29) is 18.5 Å². The molecule has 2 aromatic rings. The van der Waals surface area contributed by atoms with Crippen molar-refractivity contribution in [3.05, 3.63) is 12.7 Å². The van der Waals surface area contributed by atoms with Gasteiger partial charge in [-0.1, -0.05) is 26.2 Å². The predicted molar refractivity (Wildman–Crippen MR) is 149 cm³/mol. The van der Waals surface area contributed by atoms with Crippen LogP contribution in [-0.4, -0.2) is 68.8 Å². The number of hydrogen-bond donors (Lipinski definition) is 2. The number of unbranched alkanes of at least 4 members (excludes halogenated alkanes) is 3. The fourth-order valence-electron chi connectivity index (χ4n) is 4.42. The minimum Gasteiger partial charge on any atom is -0.464 e. The monoisotopic (exact) mass is 582 g/mol. The van der Waals surface area contributed by atoms with E-state index < -0.39 is 44.1 Å². The SMILES string of the molecule is CCCCCCOC(=O)C(C)(C)N[P@@](=O)(CO[C@H](C)Cn1cnc2c(N)ncnc21)OCC(=O)OC1CCCC1. The highest BCUT2D eigenvalue weighted by Crippen LogP contribution is 2.45. The Labute approximate surface area is 235 Å². The summed E-state index contributed by atoms with van der Waals surface area (Å²) in [7, 11) is -3.89. The smallest absolute Gasteiger partial charge is 0.332 e. The van der Waals surface area contributed by atoms with E-state index in [4.69, 9.17) is 24.5 Å². The third-order valence-corrected chi connectivity index (χ3v) is 8.53. The Morgan fingerprint density at radius 2 is 1.95 bits per heavy atom. The number of imidazole rings is 1. The Hall–Kier alpha value is -2.60. The number of fused-ring (bicyclic) bond motifs is 1. The van der Waals surface area contributed by atoms with Crippen molar-refractivity contribution in [1.29, 1.82) is 0 Å². The summed E-state index contributed by atoms with van der Waals surface area (Å²) in [5.41, 5.74) is 5.51. The second-order valence-corrected chi connectivity index (χ2v) is 12.8. The lowest BCUT2D eigenvalue weighted by Gasteiger charge is -2.30. The summed E-state index contributed by atoms with van der Waals surface area (Å²) in [4.78, 5) is 37.6. The highest BCUT2D eigenvalue weighted by molar-refractivity contribution is 7.56. The van der Waals surface area contributed by atoms with Gasteiger partial charge in [-0.15, -0.1) is 0 Å². The minimum atomic E-state index is -3.89. The number of carbonyl (C=O) groups is 2. The molecule has 3 N–H and O–H groups in total. The summed E-state index contributed by atoms with van der Waals surface area (Å²) >= 11 is 0. The van der Waals surface area contributed by atoms with Gasteiger partial charge in [0.25, 0.3) is 7.52 Å². The fourth-order valence-corrected chi connectivity index (χ4v) is 6.33. The molecular weight excluding hydrogens is 539 g/mol. The first-order valence-corrected chi connectivity index (χ1v) is 15.8. The number of anilines is 1. The Balaban J connectivity index is 1.63. The van der Waals surface area contributed by atoms with Crippen molar-refractivity contribution >= 4 is 36.4 Å². The van der Waals surface area contributed by atoms with Gasteiger partial charge in [0.2, 0.25) is 0 Å². The molecule has 1 saturated carbocycles. The molecule has 0 unspecified atom stereocenters. The highest BCUT2D eigenvalue weighted by atomic mass is 31.2. The maximum Gasteiger partial charge on any atom is 0.332 e. The van der Waals surface area contributed by atoms with Crippen LogP contribution in [0.2, 0.25) is 0 Å². The van der Waals surface area contributed by atoms with Crippen molar-refractivity contribution in [1.82, 2.24) is 24.6 Å². The maximum absolute atomic E-state index is 13.9. The minimum absolute atomic E-state index is 0.151. The summed E-state index contributed by atoms with van der Waals surface area (Å²) in [6, 6.07) is 0. The Morgan fingerprint density at radius 1 is 1.20 bits per heavy atom. The number of hydrogen-bond acceptors (Lipinski definition) is 11. The molecule has 0 saturated heterocycles. The van der Waals surface area contributed by atoms with Gasteiger partial charge < -0.3 is 29.0 Å². The molecule has 2 aromatic heterocycles. The first-order chi connectivity index (χ1) is 19.0. The van der Waals surface area contributed by atoms with Crippen molar-refractivity contribution in [2.75, 3.05) is 25.3 Å². The van der Waals surface area contributed by atoms with Crippen LogP contribution in [0.15, 0.2) is 12.7 Å². The fraction of sp³-hybridized carbons (Fsp3) is 0.731. The summed E-state index contributed by atoms with van der Waals surface area (Å²) in [6.45, 7) is 7.04. The molecule has 1 aliphatic carbocycles. The van der Waals surface area contributed by atoms with Crippen LogP contribution in [0, 0.1) is 0 Å². The van der Waals surface area contributed by atoms with Crippen LogP contribution in [0.3, 0.4) is 0 Å². The molecule has 0 bridgehead atoms. The molecule has 0 aromatic carbocycles. The molecule has 3 rings (SSSR count). The summed E-state index contributed by atoms with van der Waals surface area (Å²) in [5, 5.41) is 2.79. The van der Waals surface area contributed by atoms with Crippen LogP contribution >= 0.6 is 7.52 Å². The molecule has 0 aliphatic heterocycles. The van der Waals surface area contributed by atoms with Gasteiger partial charge in [-0.2, -0.15) is 0 Å². The first kappa shape index (κ1) is 31.9. The molecule has 0 amide bonds. The second kappa shape index (κ2) is 14.9. The topological polar surface area (TPSA) is 170 Å². The maximum atomic E-state index is 13.9. The summed E-state index contributed by atoms with van der Waals surface area (Å²) < 4.78 is 38.0. The van der Waals surface area contributed by atoms with Crippen LogP contribution in [0.25, 0.3) is 11.2 Å². The average Bonchev–Trinajstić information content (AvgIpc) is 3.57. The van der Waals surface area contributed by atoms with E-state index in [9.17, 15) is 14.2 Å². The first-order valence-electron chi connectivity index (χ1n) is 14.0. The normalized spacial score (nSPS) is 16.6. The summed E-state index contributed by atoms with van der Waals surface area (Å²) in [5.74, 6) is -0.916. The molecule has 0 spiro atoms. The highest BCUT2D eigenvalue weighted by Gasteiger charge is 2.39. The zero-order valence-electron chi connectivity index (χ0n) is 24.0. The molecular formula is C26H43N6O7P. The van der Waals surface area contributed by atoms with Crippen molar-refractivity contribution in [3.63, 3.8) is 0 Å². The standard InChI is InChI=1S/C26H43N6O7P/c1-5-6-7-10-13-36-25(34)26(3,4)31-40(35,38-15-21(33)39-20-11-8-9-12-20)18-37-19(2)14-32-17-30-22-23(27)28-16-29-24(22)32/h16-17,19-20H,5-15,18H2,1-4H3,(H,31,35)(H2,27,28,29)/t19-,40-/m1/s1. The van der Waals surface area contributed by atoms with Crippen molar-refractivity contribution < 1.29 is 32.9 Å². The number of aromatic nitrogens is 4. The molecule has 224 valence electrons. The van der Waals surface area contributed by atoms with Crippen LogP contribution in [0.4, 0.5) is 5.82 Å². The van der Waals surface area contributed by atoms with Gasteiger partial charge in [0.05, 0.1) is 25.6 Å². The van der Waals surface area contributed by atoms with Gasteiger partial charge in [-0.25, -0.2) is 24.8 Å². The van der Waals surface area contributed by atoms with Crippen molar-refractivity contribution in [2.24, 2.45) is 0 Å². The number of rotatable bonds is 17. The molecule has 1 aliphatic rings. The lowest BCUT2D eigenvalue weighted by molar-refractivity contribution is -0.151. The van der Waals surface area contributed by atoms with E-state index in [1.807, 2.05) is 0 Å². The number of nitrogen functional groups attached to an aromatic ring is 1. The Kier molecular flexibility index (Phi) is 11.9. The molecule has 2 heterocycles. The van der Waals surface area contributed by atoms with Crippen LogP contribution in [0.1, 0.15) is 79.1 Å². The van der Waals surface area contributed by atoms with Crippen LogP contribution < -0.4 is 10.8 Å². The number of carbonyl (C=O) groups excluding carboxylic acids is 2. The lowest BCUT2D eigenvalue weighted by Crippen LogP contribution is -2.47. The Morgan fingerprint density at radius 3 is 2.67 bits per heavy atom. The van der Waals surface area contributed by atoms with Crippen molar-refractivity contribution in [3.8, 4) is 0 Å². The molecule has 0 radical (unpaired) electrons. The molecule has 1 fully saturated rings. The number of nitrogens with zero attached hydrogens (tertiary/aromatic N) is 4. The quantitative estimate of drug-likeness (QED) is 0.157. The Bertz CT molecular complexity index is 1170. The number of nitrogens with two attached hydrogens (primary N) is 1. The molecule has 14 heteroatoms. The molecule has 13 nitrogen and oxygen atoms in total. The second-order valence-electron chi connectivity index (χ2n) is 10.7. The van der Waals surface area contributed by atoms with Crippen LogP contribution in [0.5, 0.6) is 0 Å². The lowest BCUT2D eigenvalue weighted by atomic mass is 10.1. The zero-order chi connectivity index (χ0) is 29.2. The van der Waals surface area contributed by atoms with E-state index >= 15 is 0 Å². The van der Waals surface area contributed by atoms with Gasteiger partial charge in [0.1, 0.15) is 29.8 Å². The van der Waals surface area contributed by atoms with E-state index in [2.05, 4.69) is 27.0 Å². The van der Waals surface area contributed by atoms with Gasteiger partial charge in [0.15, 0.2) is 18.1 Å². The van der Waals surface area contributed by atoms with E-state index in [0.29, 0.717) is 17.7 Å². The van der Waals surface area contributed by atoms with E-state index in [1.54, 1.807) is 31.7 Å². The van der Waals surface area contributed by atoms with Crippen molar-refractivity contribution in [2.45, 2.75) is 103 Å². The van der Waals surface area contributed by atoms with Gasteiger partial charge in [-0.05, 0) is 52.9 Å². The predicted octanol–water partition coefficient (Wildman–Crippen LogP) is 3.96. The van der Waals surface area contributed by atoms with E-state index in [0.717, 1.165) is 51.4 Å². The third-order valence-electron chi connectivity index (χ3n) is 6.59. The van der Waals surface area contributed by atoms with Gasteiger partial charge in [0, 0.05) is 0 Å². The van der Waals surface area contributed by atoms with Gasteiger partial charge >= 0.3 is 11.9 Å². The van der Waals surface area contributed by atoms with Gasteiger partial charge in [-0.3, -0.25) is 9.36 Å². The third kappa shape index (κ3) is 9.50. The zero-order valence-corrected chi connectivity index (χ0v) is 24.9. The molecule has 40 heavy (non-hydrogen) atoms. The van der Waals surface area contributed by atoms with Crippen LogP contribution in [-0.2, 0) is 39.4 Å².